The Morgan fingerprint density at radius 3 is 3.00 bits per heavy atom. The predicted octanol–water partition coefficient (Wildman–Crippen LogP) is 1.95. The van der Waals surface area contributed by atoms with Crippen molar-refractivity contribution >= 4 is 18.4 Å². The van der Waals surface area contributed by atoms with E-state index >= 15 is 0 Å². The van der Waals surface area contributed by atoms with Crippen LogP contribution in [0.3, 0.4) is 0 Å². The molecule has 1 aromatic carbocycles. The molecule has 0 saturated heterocycles. The fourth-order valence-electron chi connectivity index (χ4n) is 0.972. The van der Waals surface area contributed by atoms with Crippen molar-refractivity contribution in [3.05, 3.63) is 35.6 Å². The van der Waals surface area contributed by atoms with E-state index in [0.717, 1.165) is 5.56 Å². The molecule has 4 nitrogen and oxygen atoms in total. The highest BCUT2D eigenvalue weighted by Gasteiger charge is 1.91. The summed E-state index contributed by atoms with van der Waals surface area (Å²) in [6.07, 6.45) is 2.63. The molecule has 0 aliphatic rings. The quantitative estimate of drug-likeness (QED) is 0.444. The van der Waals surface area contributed by atoms with Crippen LogP contribution in [-0.2, 0) is 16.2 Å². The molecule has 0 spiro atoms. The van der Waals surface area contributed by atoms with Crippen LogP contribution in [0.1, 0.15) is 12.5 Å². The van der Waals surface area contributed by atoms with Gasteiger partial charge < -0.3 is 4.84 Å². The first-order valence-electron chi connectivity index (χ1n) is 4.62. The fraction of sp³-hybridized carbons (Fsp3) is 0.182. The molecule has 0 fully saturated rings. The molecule has 0 saturated carbocycles. The summed E-state index contributed by atoms with van der Waals surface area (Å²) in [5, 5.41) is 3.32. The molecule has 0 N–H and O–H groups in total. The average molecular weight is 222 g/mol. The van der Waals surface area contributed by atoms with Gasteiger partial charge in [0, 0.05) is 13.1 Å². The predicted molar refractivity (Wildman–Crippen MR) is 58.9 cm³/mol. The topological polar surface area (TPSA) is 51.0 Å². The van der Waals surface area contributed by atoms with Crippen LogP contribution in [0.15, 0.2) is 34.4 Å². The Kier molecular flexibility index (Phi) is 4.85. The highest BCUT2D eigenvalue weighted by atomic mass is 19.1. The summed E-state index contributed by atoms with van der Waals surface area (Å²) < 4.78 is 12.8. The minimum Gasteiger partial charge on any atom is -0.319 e. The van der Waals surface area contributed by atoms with Gasteiger partial charge in [0.25, 0.3) is 0 Å². The number of benzene rings is 1. The number of rotatable bonds is 4. The lowest BCUT2D eigenvalue weighted by molar-refractivity contribution is -0.140. The molecule has 0 heterocycles. The number of halogens is 1. The summed E-state index contributed by atoms with van der Waals surface area (Å²) >= 11 is 0. The van der Waals surface area contributed by atoms with Crippen LogP contribution in [0.5, 0.6) is 0 Å². The number of oxime groups is 1. The third-order valence-electron chi connectivity index (χ3n) is 1.58. The molecule has 84 valence electrons. The zero-order chi connectivity index (χ0) is 11.8. The van der Waals surface area contributed by atoms with Gasteiger partial charge in [0.15, 0.2) is 0 Å². The second-order valence-corrected chi connectivity index (χ2v) is 2.96. The summed E-state index contributed by atoms with van der Waals surface area (Å²) in [5.74, 6) is -0.781. The summed E-state index contributed by atoms with van der Waals surface area (Å²) in [4.78, 5) is 18.6. The smallest absolute Gasteiger partial charge is 0.319 e. The van der Waals surface area contributed by atoms with Gasteiger partial charge >= 0.3 is 5.97 Å². The van der Waals surface area contributed by atoms with Gasteiger partial charge in [-0.25, -0.2) is 9.18 Å². The highest BCUT2D eigenvalue weighted by molar-refractivity contribution is 6.15. The molecule has 1 aromatic rings. The Balaban J connectivity index is 2.37. The first-order chi connectivity index (χ1) is 7.68. The van der Waals surface area contributed by atoms with Crippen LogP contribution < -0.4 is 0 Å². The number of hydrogen-bond donors (Lipinski definition) is 0. The largest absolute Gasteiger partial charge is 0.331 e. The van der Waals surface area contributed by atoms with E-state index in [2.05, 4.69) is 15.0 Å². The van der Waals surface area contributed by atoms with Gasteiger partial charge in [-0.1, -0.05) is 17.3 Å². The summed E-state index contributed by atoms with van der Waals surface area (Å²) in [5.41, 5.74) is 0.761. The molecule has 0 bridgehead atoms. The lowest BCUT2D eigenvalue weighted by atomic mass is 10.2. The van der Waals surface area contributed by atoms with Crippen molar-refractivity contribution in [3.8, 4) is 0 Å². The molecule has 1 rings (SSSR count). The van der Waals surface area contributed by atoms with E-state index in [9.17, 15) is 9.18 Å². The van der Waals surface area contributed by atoms with Crippen molar-refractivity contribution in [3.63, 3.8) is 0 Å². The molecule has 0 aromatic heterocycles. The maximum atomic E-state index is 12.8. The van der Waals surface area contributed by atoms with E-state index in [4.69, 9.17) is 0 Å². The van der Waals surface area contributed by atoms with Gasteiger partial charge in [0.1, 0.15) is 5.82 Å². The molecule has 0 aliphatic heterocycles. The van der Waals surface area contributed by atoms with Crippen molar-refractivity contribution in [2.45, 2.75) is 13.5 Å². The zero-order valence-corrected chi connectivity index (χ0v) is 8.76. The van der Waals surface area contributed by atoms with Gasteiger partial charge in [-0.05, 0) is 17.7 Å². The van der Waals surface area contributed by atoms with Gasteiger partial charge in [-0.15, -0.1) is 0 Å². The van der Waals surface area contributed by atoms with Crippen LogP contribution in [0.25, 0.3) is 0 Å². The molecule has 0 amide bonds. The monoisotopic (exact) mass is 222 g/mol. The molecule has 0 radical (unpaired) electrons. The lowest BCUT2D eigenvalue weighted by Gasteiger charge is -1.94. The van der Waals surface area contributed by atoms with Crippen molar-refractivity contribution in [1.29, 1.82) is 0 Å². The van der Waals surface area contributed by atoms with Crippen LogP contribution >= 0.6 is 0 Å². The molecule has 0 atom stereocenters. The first-order valence-corrected chi connectivity index (χ1v) is 4.62. The number of carbonyl (C=O) groups excluding carboxylic acids is 1. The Morgan fingerprint density at radius 2 is 2.31 bits per heavy atom. The molecule has 0 aliphatic carbocycles. The maximum absolute atomic E-state index is 12.8. The lowest BCUT2D eigenvalue weighted by Crippen LogP contribution is -1.91. The van der Waals surface area contributed by atoms with Crippen molar-refractivity contribution in [1.82, 2.24) is 0 Å². The molecule has 16 heavy (non-hydrogen) atoms. The first kappa shape index (κ1) is 12.0. The summed E-state index contributed by atoms with van der Waals surface area (Å²) in [7, 11) is 0. The maximum Gasteiger partial charge on any atom is 0.331 e. The van der Waals surface area contributed by atoms with E-state index in [1.807, 2.05) is 0 Å². The van der Waals surface area contributed by atoms with Crippen LogP contribution in [0, 0.1) is 5.82 Å². The van der Waals surface area contributed by atoms with E-state index < -0.39 is 5.97 Å². The number of nitrogens with zero attached hydrogens (tertiary/aromatic N) is 2. The van der Waals surface area contributed by atoms with Gasteiger partial charge in [0.05, 0.1) is 12.8 Å². The highest BCUT2D eigenvalue weighted by Crippen LogP contribution is 2.03. The number of hydrogen-bond acceptors (Lipinski definition) is 4. The standard InChI is InChI=1S/C11H11FN2O2/c1-9(15)16-14-6-5-13-8-10-3-2-4-11(12)7-10/h2-7H,8H2,1H3/b13-5?,14-6+. The van der Waals surface area contributed by atoms with Crippen LogP contribution in [0.2, 0.25) is 0 Å². The second-order valence-electron chi connectivity index (χ2n) is 2.96. The zero-order valence-electron chi connectivity index (χ0n) is 8.76. The normalized spacial score (nSPS) is 11.1. The van der Waals surface area contributed by atoms with Crippen LogP contribution in [0.4, 0.5) is 4.39 Å². The Hall–Kier alpha value is -2.04. The Bertz CT molecular complexity index is 416. The Labute approximate surface area is 92.4 Å². The number of carbonyl (C=O) groups is 1. The summed E-state index contributed by atoms with van der Waals surface area (Å²) in [6.45, 7) is 1.60. The summed E-state index contributed by atoms with van der Waals surface area (Å²) in [6, 6.07) is 6.16. The van der Waals surface area contributed by atoms with Crippen molar-refractivity contribution in [2.24, 2.45) is 10.1 Å². The van der Waals surface area contributed by atoms with E-state index in [1.165, 1.54) is 31.5 Å². The second kappa shape index (κ2) is 6.44. The van der Waals surface area contributed by atoms with Crippen molar-refractivity contribution < 1.29 is 14.0 Å². The van der Waals surface area contributed by atoms with Gasteiger partial charge in [-0.2, -0.15) is 0 Å². The van der Waals surface area contributed by atoms with E-state index in [1.54, 1.807) is 12.1 Å². The van der Waals surface area contributed by atoms with Crippen molar-refractivity contribution in [2.75, 3.05) is 0 Å². The average Bonchev–Trinajstić information content (AvgIpc) is 2.23. The minimum absolute atomic E-state index is 0.290. The number of aliphatic imine (C=N–C) groups is 1. The molecule has 0 unspecified atom stereocenters. The SMILES string of the molecule is CC(=O)O/N=C/C=NCc1cccc(F)c1. The molecular formula is C11H11FN2O2. The van der Waals surface area contributed by atoms with E-state index in [-0.39, 0.29) is 5.82 Å². The fourth-order valence-corrected chi connectivity index (χ4v) is 0.972. The van der Waals surface area contributed by atoms with Gasteiger partial charge in [0.2, 0.25) is 0 Å². The third kappa shape index (κ3) is 4.99. The Morgan fingerprint density at radius 1 is 1.50 bits per heavy atom. The molecule has 5 heteroatoms. The molecular weight excluding hydrogens is 211 g/mol. The van der Waals surface area contributed by atoms with Gasteiger partial charge in [-0.3, -0.25) is 4.99 Å². The third-order valence-corrected chi connectivity index (χ3v) is 1.58. The van der Waals surface area contributed by atoms with E-state index in [0.29, 0.717) is 6.54 Å². The van der Waals surface area contributed by atoms with Crippen LogP contribution in [-0.4, -0.2) is 18.4 Å². The minimum atomic E-state index is -0.491.